The minimum atomic E-state index is -1.08. The van der Waals surface area contributed by atoms with Crippen molar-refractivity contribution in [3.63, 3.8) is 0 Å². The summed E-state index contributed by atoms with van der Waals surface area (Å²) in [4.78, 5) is 12.5. The molecule has 2 aromatic heterocycles. The van der Waals surface area contributed by atoms with Gasteiger partial charge in [-0.3, -0.25) is 4.79 Å². The second kappa shape index (κ2) is 4.91. The molecule has 0 aliphatic heterocycles. The molecular formula is C12H14N2O3S. The number of nitrogens with one attached hydrogen (secondary N) is 1. The summed E-state index contributed by atoms with van der Waals surface area (Å²) in [5.74, 6) is 0.217. The van der Waals surface area contributed by atoms with Gasteiger partial charge in [-0.25, -0.2) is 0 Å². The highest BCUT2D eigenvalue weighted by molar-refractivity contribution is 7.10. The van der Waals surface area contributed by atoms with E-state index in [-0.39, 0.29) is 18.1 Å². The van der Waals surface area contributed by atoms with Crippen molar-refractivity contribution >= 4 is 17.2 Å². The number of nitrogens with zero attached hydrogens (tertiary/aromatic N) is 1. The largest absolute Gasteiger partial charge is 0.383 e. The summed E-state index contributed by atoms with van der Waals surface area (Å²) in [7, 11) is 0. The predicted molar refractivity (Wildman–Crippen MR) is 67.5 cm³/mol. The molecule has 0 radical (unpaired) electrons. The number of hydrogen-bond donors (Lipinski definition) is 2. The normalized spacial score (nSPS) is 14.2. The van der Waals surface area contributed by atoms with Gasteiger partial charge in [0.15, 0.2) is 5.69 Å². The Bertz CT molecular complexity index is 531. The molecule has 1 amide bonds. The van der Waals surface area contributed by atoms with Gasteiger partial charge >= 0.3 is 0 Å². The summed E-state index contributed by atoms with van der Waals surface area (Å²) in [5, 5.41) is 18.4. The second-order valence-corrected chi connectivity index (χ2v) is 5.20. The SMILES string of the molecule is Cc1cc(C(=O)NC[C@@](C)(O)c2cccs2)no1. The molecule has 0 aliphatic carbocycles. The summed E-state index contributed by atoms with van der Waals surface area (Å²) < 4.78 is 4.82. The maximum absolute atomic E-state index is 11.7. The van der Waals surface area contributed by atoms with Gasteiger partial charge in [0.25, 0.3) is 5.91 Å². The molecule has 6 heteroatoms. The number of carbonyl (C=O) groups excluding carboxylic acids is 1. The Labute approximate surface area is 108 Å². The van der Waals surface area contributed by atoms with Gasteiger partial charge in [-0.1, -0.05) is 11.2 Å². The maximum Gasteiger partial charge on any atom is 0.273 e. The van der Waals surface area contributed by atoms with Gasteiger partial charge in [-0.05, 0) is 25.3 Å². The van der Waals surface area contributed by atoms with Crippen LogP contribution in [0.5, 0.6) is 0 Å². The van der Waals surface area contributed by atoms with Crippen molar-refractivity contribution < 1.29 is 14.4 Å². The van der Waals surface area contributed by atoms with Crippen LogP contribution >= 0.6 is 11.3 Å². The number of carbonyl (C=O) groups is 1. The number of aliphatic hydroxyl groups is 1. The monoisotopic (exact) mass is 266 g/mol. The van der Waals surface area contributed by atoms with Crippen LogP contribution < -0.4 is 5.32 Å². The molecule has 1 atom stereocenters. The Morgan fingerprint density at radius 1 is 1.67 bits per heavy atom. The summed E-state index contributed by atoms with van der Waals surface area (Å²) in [6.45, 7) is 3.50. The van der Waals surface area contributed by atoms with Crippen LogP contribution in [-0.4, -0.2) is 22.7 Å². The molecule has 0 unspecified atom stereocenters. The summed E-state index contributed by atoms with van der Waals surface area (Å²) >= 11 is 1.45. The summed E-state index contributed by atoms with van der Waals surface area (Å²) in [6.07, 6.45) is 0. The third kappa shape index (κ3) is 2.77. The average Bonchev–Trinajstić information content (AvgIpc) is 2.96. The van der Waals surface area contributed by atoms with Gasteiger partial charge in [0.05, 0.1) is 6.54 Å². The molecule has 0 aliphatic rings. The first-order valence-corrected chi connectivity index (χ1v) is 6.35. The lowest BCUT2D eigenvalue weighted by Crippen LogP contribution is -2.38. The number of amides is 1. The van der Waals surface area contributed by atoms with Crippen LogP contribution in [0.1, 0.15) is 28.0 Å². The van der Waals surface area contributed by atoms with E-state index in [0.29, 0.717) is 5.76 Å². The standard InChI is InChI=1S/C12H14N2O3S/c1-8-6-9(14-17-8)11(15)13-7-12(2,16)10-4-3-5-18-10/h3-6,16H,7H2,1-2H3,(H,13,15)/t12-/m1/s1. The smallest absolute Gasteiger partial charge is 0.273 e. The Kier molecular flexibility index (Phi) is 3.49. The fourth-order valence-corrected chi connectivity index (χ4v) is 2.28. The number of thiophene rings is 1. The topological polar surface area (TPSA) is 75.4 Å². The van der Waals surface area contributed by atoms with E-state index in [9.17, 15) is 9.90 Å². The van der Waals surface area contributed by atoms with Crippen molar-refractivity contribution in [1.29, 1.82) is 0 Å². The fraction of sp³-hybridized carbons (Fsp3) is 0.333. The molecule has 0 saturated heterocycles. The first-order valence-electron chi connectivity index (χ1n) is 5.47. The zero-order chi connectivity index (χ0) is 13.2. The van der Waals surface area contributed by atoms with E-state index >= 15 is 0 Å². The van der Waals surface area contributed by atoms with Crippen LogP contribution in [0, 0.1) is 6.92 Å². The third-order valence-corrected chi connectivity index (χ3v) is 3.63. The molecule has 2 N–H and O–H groups in total. The highest BCUT2D eigenvalue weighted by Gasteiger charge is 2.25. The van der Waals surface area contributed by atoms with Gasteiger partial charge in [-0.2, -0.15) is 0 Å². The Hall–Kier alpha value is -1.66. The predicted octanol–water partition coefficient (Wildman–Crippen LogP) is 1.68. The number of hydrogen-bond acceptors (Lipinski definition) is 5. The average molecular weight is 266 g/mol. The molecule has 0 bridgehead atoms. The molecule has 2 rings (SSSR count). The van der Waals surface area contributed by atoms with Gasteiger partial charge in [-0.15, -0.1) is 11.3 Å². The highest BCUT2D eigenvalue weighted by Crippen LogP contribution is 2.24. The molecule has 0 fully saturated rings. The van der Waals surface area contributed by atoms with Crippen molar-refractivity contribution in [2.45, 2.75) is 19.4 Å². The van der Waals surface area contributed by atoms with Gasteiger partial charge in [0.1, 0.15) is 11.4 Å². The lowest BCUT2D eigenvalue weighted by Gasteiger charge is -2.21. The minimum absolute atomic E-state index is 0.123. The second-order valence-electron chi connectivity index (χ2n) is 4.26. The van der Waals surface area contributed by atoms with Gasteiger partial charge in [0, 0.05) is 10.9 Å². The minimum Gasteiger partial charge on any atom is -0.383 e. The lowest BCUT2D eigenvalue weighted by atomic mass is 10.1. The molecular weight excluding hydrogens is 252 g/mol. The molecule has 18 heavy (non-hydrogen) atoms. The first kappa shape index (κ1) is 12.8. The summed E-state index contributed by atoms with van der Waals surface area (Å²) in [6, 6.07) is 5.24. The van der Waals surface area contributed by atoms with Crippen molar-refractivity contribution in [3.8, 4) is 0 Å². The third-order valence-electron chi connectivity index (χ3n) is 2.51. The molecule has 0 aromatic carbocycles. The molecule has 0 saturated carbocycles. The molecule has 96 valence electrons. The zero-order valence-corrected chi connectivity index (χ0v) is 11.0. The van der Waals surface area contributed by atoms with E-state index in [1.165, 1.54) is 11.3 Å². The molecule has 0 spiro atoms. The van der Waals surface area contributed by atoms with E-state index in [2.05, 4.69) is 10.5 Å². The maximum atomic E-state index is 11.7. The fourth-order valence-electron chi connectivity index (χ4n) is 1.49. The van der Waals surface area contributed by atoms with Crippen molar-refractivity contribution in [3.05, 3.63) is 39.9 Å². The van der Waals surface area contributed by atoms with Crippen LogP contribution in [-0.2, 0) is 5.60 Å². The molecule has 5 nitrogen and oxygen atoms in total. The quantitative estimate of drug-likeness (QED) is 0.883. The van der Waals surface area contributed by atoms with Crippen LogP contribution in [0.4, 0.5) is 0 Å². The molecule has 2 heterocycles. The van der Waals surface area contributed by atoms with Crippen LogP contribution in [0.15, 0.2) is 28.1 Å². The summed E-state index contributed by atoms with van der Waals surface area (Å²) in [5.41, 5.74) is -0.864. The number of aromatic nitrogens is 1. The van der Waals surface area contributed by atoms with Crippen LogP contribution in [0.2, 0.25) is 0 Å². The first-order chi connectivity index (χ1) is 8.49. The number of aryl methyl sites for hydroxylation is 1. The Morgan fingerprint density at radius 2 is 2.44 bits per heavy atom. The van der Waals surface area contributed by atoms with E-state index in [0.717, 1.165) is 4.88 Å². The Morgan fingerprint density at radius 3 is 3.00 bits per heavy atom. The lowest BCUT2D eigenvalue weighted by molar-refractivity contribution is 0.0554. The highest BCUT2D eigenvalue weighted by atomic mass is 32.1. The van der Waals surface area contributed by atoms with E-state index < -0.39 is 5.60 Å². The van der Waals surface area contributed by atoms with Crippen molar-refractivity contribution in [2.24, 2.45) is 0 Å². The number of rotatable bonds is 4. The van der Waals surface area contributed by atoms with E-state index in [1.807, 2.05) is 17.5 Å². The Balaban J connectivity index is 1.98. The van der Waals surface area contributed by atoms with Gasteiger partial charge in [0.2, 0.25) is 0 Å². The van der Waals surface area contributed by atoms with Gasteiger partial charge < -0.3 is 14.9 Å². The van der Waals surface area contributed by atoms with Crippen molar-refractivity contribution in [2.75, 3.05) is 6.54 Å². The van der Waals surface area contributed by atoms with Crippen molar-refractivity contribution in [1.82, 2.24) is 10.5 Å². The van der Waals surface area contributed by atoms with E-state index in [4.69, 9.17) is 4.52 Å². The van der Waals surface area contributed by atoms with Crippen LogP contribution in [0.3, 0.4) is 0 Å². The zero-order valence-electron chi connectivity index (χ0n) is 10.1. The van der Waals surface area contributed by atoms with Crippen LogP contribution in [0.25, 0.3) is 0 Å². The molecule has 2 aromatic rings. The van der Waals surface area contributed by atoms with E-state index in [1.54, 1.807) is 19.9 Å².